The first kappa shape index (κ1) is 18.4. The molecule has 0 saturated carbocycles. The van der Waals surface area contributed by atoms with Gasteiger partial charge in [0.15, 0.2) is 0 Å². The summed E-state index contributed by atoms with van der Waals surface area (Å²) in [5, 5.41) is 0. The molecule has 3 nitrogen and oxygen atoms in total. The molecule has 2 aromatic rings. The van der Waals surface area contributed by atoms with Gasteiger partial charge in [0.2, 0.25) is 5.91 Å². The zero-order valence-electron chi connectivity index (χ0n) is 14.7. The average Bonchev–Trinajstić information content (AvgIpc) is 2.84. The van der Waals surface area contributed by atoms with Gasteiger partial charge < -0.3 is 10.6 Å². The van der Waals surface area contributed by atoms with Crippen molar-refractivity contribution in [2.75, 3.05) is 19.6 Å². The highest BCUT2D eigenvalue weighted by Crippen LogP contribution is 2.38. The van der Waals surface area contributed by atoms with Crippen LogP contribution in [-0.2, 0) is 4.79 Å². The Bertz CT molecular complexity index is 824. The van der Waals surface area contributed by atoms with Crippen LogP contribution in [0.4, 0.5) is 0 Å². The van der Waals surface area contributed by atoms with E-state index < -0.39 is 0 Å². The van der Waals surface area contributed by atoms with Gasteiger partial charge in [-0.15, -0.1) is 12.4 Å². The molecule has 0 atom stereocenters. The van der Waals surface area contributed by atoms with Crippen LogP contribution >= 0.6 is 12.4 Å². The molecule has 0 unspecified atom stereocenters. The largest absolute Gasteiger partial charge is 0.341 e. The summed E-state index contributed by atoms with van der Waals surface area (Å²) in [4.78, 5) is 13.8. The molecule has 1 heterocycles. The maximum absolute atomic E-state index is 11.9. The van der Waals surface area contributed by atoms with Gasteiger partial charge in [0, 0.05) is 13.1 Å². The van der Waals surface area contributed by atoms with Crippen molar-refractivity contribution < 1.29 is 4.79 Å². The summed E-state index contributed by atoms with van der Waals surface area (Å²) in [6.45, 7) is 1.61. The molecule has 134 valence electrons. The van der Waals surface area contributed by atoms with Crippen molar-refractivity contribution in [3.8, 4) is 0 Å². The van der Waals surface area contributed by atoms with Gasteiger partial charge in [0.1, 0.15) is 0 Å². The Hall–Kier alpha value is -2.36. The van der Waals surface area contributed by atoms with E-state index in [1.807, 2.05) is 4.90 Å². The van der Waals surface area contributed by atoms with E-state index in [9.17, 15) is 4.79 Å². The van der Waals surface area contributed by atoms with Crippen molar-refractivity contribution in [1.82, 2.24) is 4.90 Å². The number of nitrogens with two attached hydrogens (primary N) is 1. The van der Waals surface area contributed by atoms with Gasteiger partial charge in [-0.1, -0.05) is 66.3 Å². The molecule has 4 heteroatoms. The maximum Gasteiger partial charge on any atom is 0.236 e. The van der Waals surface area contributed by atoms with E-state index >= 15 is 0 Å². The Balaban J connectivity index is 0.00000196. The normalized spacial score (nSPS) is 15.7. The number of amides is 1. The predicted molar refractivity (Wildman–Crippen MR) is 110 cm³/mol. The standard InChI is InChI=1S/C22H22N2O.ClH/c23-15-21(25)24-13-11-18(12-14-24)22-19-7-3-1-5-16(19)9-10-17-6-2-4-8-20(17)22;/h1-10H,11-15,23H2;1H. The number of halogens is 1. The molecule has 0 aromatic heterocycles. The number of benzene rings is 2. The van der Waals surface area contributed by atoms with Crippen molar-refractivity contribution in [1.29, 1.82) is 0 Å². The van der Waals surface area contributed by atoms with E-state index in [1.54, 1.807) is 0 Å². The molecule has 1 fully saturated rings. The summed E-state index contributed by atoms with van der Waals surface area (Å²) < 4.78 is 0. The van der Waals surface area contributed by atoms with Gasteiger partial charge in [0.25, 0.3) is 0 Å². The Labute approximate surface area is 160 Å². The van der Waals surface area contributed by atoms with Crippen LogP contribution in [0.1, 0.15) is 35.1 Å². The first-order chi connectivity index (χ1) is 12.3. The predicted octanol–water partition coefficient (Wildman–Crippen LogP) is 3.98. The number of hydrogen-bond acceptors (Lipinski definition) is 2. The number of carbonyl (C=O) groups excluding carboxylic acids is 1. The molecule has 2 aromatic carbocycles. The molecule has 0 radical (unpaired) electrons. The van der Waals surface area contributed by atoms with Gasteiger partial charge in [-0.25, -0.2) is 0 Å². The van der Waals surface area contributed by atoms with Crippen LogP contribution in [0.15, 0.2) is 54.1 Å². The van der Waals surface area contributed by atoms with E-state index in [1.165, 1.54) is 33.4 Å². The highest BCUT2D eigenvalue weighted by molar-refractivity contribution is 5.95. The molecule has 4 rings (SSSR count). The first-order valence-electron chi connectivity index (χ1n) is 8.84. The minimum atomic E-state index is 0. The SMILES string of the molecule is Cl.NCC(=O)N1CCC(=C2c3ccccc3C=Cc3ccccc32)CC1. The van der Waals surface area contributed by atoms with E-state index in [0.29, 0.717) is 0 Å². The van der Waals surface area contributed by atoms with E-state index in [4.69, 9.17) is 5.73 Å². The van der Waals surface area contributed by atoms with Crippen molar-refractivity contribution in [2.24, 2.45) is 5.73 Å². The summed E-state index contributed by atoms with van der Waals surface area (Å²) >= 11 is 0. The van der Waals surface area contributed by atoms with Crippen LogP contribution in [0.25, 0.3) is 17.7 Å². The van der Waals surface area contributed by atoms with Crippen LogP contribution in [0, 0.1) is 0 Å². The van der Waals surface area contributed by atoms with E-state index in [0.717, 1.165) is 25.9 Å². The third-order valence-electron chi connectivity index (χ3n) is 5.15. The van der Waals surface area contributed by atoms with Gasteiger partial charge >= 0.3 is 0 Å². The summed E-state index contributed by atoms with van der Waals surface area (Å²) in [7, 11) is 0. The molecule has 0 spiro atoms. The third kappa shape index (κ3) is 3.33. The number of fused-ring (bicyclic) bond motifs is 2. The molecule has 0 bridgehead atoms. The third-order valence-corrected chi connectivity index (χ3v) is 5.15. The van der Waals surface area contributed by atoms with Gasteiger partial charge in [-0.05, 0) is 40.7 Å². The lowest BCUT2D eigenvalue weighted by Gasteiger charge is -2.30. The topological polar surface area (TPSA) is 46.3 Å². The van der Waals surface area contributed by atoms with Crippen molar-refractivity contribution in [2.45, 2.75) is 12.8 Å². The lowest BCUT2D eigenvalue weighted by Crippen LogP contribution is -2.40. The molecule has 1 amide bonds. The second kappa shape index (κ2) is 7.90. The summed E-state index contributed by atoms with van der Waals surface area (Å²) in [5.74, 6) is 0.0485. The number of carbonyl (C=O) groups is 1. The van der Waals surface area contributed by atoms with E-state index in [-0.39, 0.29) is 24.9 Å². The maximum atomic E-state index is 11.9. The van der Waals surface area contributed by atoms with Gasteiger partial charge in [0.05, 0.1) is 6.54 Å². The van der Waals surface area contributed by atoms with Gasteiger partial charge in [-0.3, -0.25) is 4.79 Å². The summed E-state index contributed by atoms with van der Waals surface area (Å²) in [6.07, 6.45) is 6.22. The molecule has 1 saturated heterocycles. The fourth-order valence-electron chi connectivity index (χ4n) is 3.85. The van der Waals surface area contributed by atoms with Gasteiger partial charge in [-0.2, -0.15) is 0 Å². The molecule has 1 aliphatic carbocycles. The highest BCUT2D eigenvalue weighted by Gasteiger charge is 2.23. The van der Waals surface area contributed by atoms with Crippen LogP contribution in [-0.4, -0.2) is 30.4 Å². The molecule has 1 aliphatic heterocycles. The molecular weight excluding hydrogens is 344 g/mol. The number of rotatable bonds is 1. The summed E-state index contributed by atoms with van der Waals surface area (Å²) in [6, 6.07) is 17.1. The Morgan fingerprint density at radius 2 is 1.38 bits per heavy atom. The molecular formula is C22H23ClN2O. The number of likely N-dealkylation sites (tertiary alicyclic amines) is 1. The van der Waals surface area contributed by atoms with Crippen LogP contribution < -0.4 is 5.73 Å². The summed E-state index contributed by atoms with van der Waals surface area (Å²) in [5.41, 5.74) is 13.4. The Morgan fingerprint density at radius 3 is 1.88 bits per heavy atom. The van der Waals surface area contributed by atoms with Crippen LogP contribution in [0.3, 0.4) is 0 Å². The second-order valence-electron chi connectivity index (χ2n) is 6.57. The van der Waals surface area contributed by atoms with Crippen LogP contribution in [0.2, 0.25) is 0 Å². The first-order valence-corrected chi connectivity index (χ1v) is 8.84. The Kier molecular flexibility index (Phi) is 5.60. The lowest BCUT2D eigenvalue weighted by atomic mass is 9.86. The van der Waals surface area contributed by atoms with Crippen LogP contribution in [0.5, 0.6) is 0 Å². The highest BCUT2D eigenvalue weighted by atomic mass is 35.5. The second-order valence-corrected chi connectivity index (χ2v) is 6.57. The quantitative estimate of drug-likeness (QED) is 0.708. The number of nitrogens with zero attached hydrogens (tertiary/aromatic N) is 1. The van der Waals surface area contributed by atoms with Crippen molar-refractivity contribution in [3.63, 3.8) is 0 Å². The smallest absolute Gasteiger partial charge is 0.236 e. The van der Waals surface area contributed by atoms with Crippen molar-refractivity contribution in [3.05, 3.63) is 76.4 Å². The lowest BCUT2D eigenvalue weighted by molar-refractivity contribution is -0.130. The monoisotopic (exact) mass is 366 g/mol. The molecule has 26 heavy (non-hydrogen) atoms. The fraction of sp³-hybridized carbons (Fsp3) is 0.227. The number of hydrogen-bond donors (Lipinski definition) is 1. The van der Waals surface area contributed by atoms with E-state index in [2.05, 4.69) is 60.7 Å². The zero-order chi connectivity index (χ0) is 17.2. The average molecular weight is 367 g/mol. The minimum Gasteiger partial charge on any atom is -0.341 e. The number of piperidine rings is 1. The zero-order valence-corrected chi connectivity index (χ0v) is 15.5. The molecule has 2 aliphatic rings. The Morgan fingerprint density at radius 1 is 0.885 bits per heavy atom. The molecule has 2 N–H and O–H groups in total. The van der Waals surface area contributed by atoms with Crippen molar-refractivity contribution >= 4 is 36.0 Å². The fourth-order valence-corrected chi connectivity index (χ4v) is 3.85. The minimum absolute atomic E-state index is 0.